The largest absolute Gasteiger partial charge is 0.427 e. The molecule has 8 heteroatoms. The summed E-state index contributed by atoms with van der Waals surface area (Å²) in [6, 6.07) is 1.07. The quantitative estimate of drug-likeness (QED) is 0.481. The van der Waals surface area contributed by atoms with Crippen molar-refractivity contribution in [3.8, 4) is 5.75 Å². The number of nitro groups is 1. The Balaban J connectivity index is 3.63. The van der Waals surface area contributed by atoms with Crippen molar-refractivity contribution in [3.05, 3.63) is 32.3 Å². The van der Waals surface area contributed by atoms with Gasteiger partial charge in [-0.3, -0.25) is 14.9 Å². The van der Waals surface area contributed by atoms with Crippen LogP contribution in [0.1, 0.15) is 22.8 Å². The summed E-state index contributed by atoms with van der Waals surface area (Å²) in [4.78, 5) is 21.2. The molecule has 5 nitrogen and oxygen atoms in total. The normalized spacial score (nSPS) is 10.6. The Labute approximate surface area is 105 Å². The third-order valence-corrected chi connectivity index (χ3v) is 2.61. The molecular weight excluding hydrogens is 272 g/mol. The van der Waals surface area contributed by atoms with E-state index >= 15 is 0 Å². The number of alkyl halides is 2. The molecule has 98 valence electrons. The molecule has 18 heavy (non-hydrogen) atoms. The van der Waals surface area contributed by atoms with Crippen molar-refractivity contribution in [2.45, 2.75) is 20.5 Å². The Hall–Kier alpha value is -1.76. The van der Waals surface area contributed by atoms with Gasteiger partial charge in [0.05, 0.1) is 15.5 Å². The maximum Gasteiger partial charge on any atom is 0.387 e. The first-order valence-electron chi connectivity index (χ1n) is 4.69. The van der Waals surface area contributed by atoms with E-state index in [0.29, 0.717) is 0 Å². The van der Waals surface area contributed by atoms with E-state index in [9.17, 15) is 23.7 Å². The second-order valence-electron chi connectivity index (χ2n) is 3.40. The fourth-order valence-corrected chi connectivity index (χ4v) is 1.60. The van der Waals surface area contributed by atoms with Gasteiger partial charge in [-0.2, -0.15) is 8.78 Å². The van der Waals surface area contributed by atoms with Gasteiger partial charge in [0, 0.05) is 5.56 Å². The highest BCUT2D eigenvalue weighted by Gasteiger charge is 2.29. The van der Waals surface area contributed by atoms with Crippen molar-refractivity contribution in [1.82, 2.24) is 0 Å². The topological polar surface area (TPSA) is 69.4 Å². The van der Waals surface area contributed by atoms with Crippen LogP contribution < -0.4 is 4.74 Å². The molecule has 0 aliphatic rings. The molecule has 1 rings (SSSR count). The molecule has 0 amide bonds. The SMILES string of the molecule is CC(=O)c1cc(Cl)c(C)c([N+](=O)[O-])c1OC(F)F. The summed E-state index contributed by atoms with van der Waals surface area (Å²) in [6.45, 7) is -0.923. The van der Waals surface area contributed by atoms with Crippen LogP contribution in [-0.2, 0) is 0 Å². The van der Waals surface area contributed by atoms with E-state index in [2.05, 4.69) is 4.74 Å². The van der Waals surface area contributed by atoms with Crippen molar-refractivity contribution in [1.29, 1.82) is 0 Å². The summed E-state index contributed by atoms with van der Waals surface area (Å²) < 4.78 is 28.6. The van der Waals surface area contributed by atoms with Crippen LogP contribution in [0.3, 0.4) is 0 Å². The average molecular weight is 280 g/mol. The molecule has 0 heterocycles. The van der Waals surface area contributed by atoms with Crippen LogP contribution in [0.4, 0.5) is 14.5 Å². The third kappa shape index (κ3) is 2.73. The maximum atomic E-state index is 12.3. The average Bonchev–Trinajstić information content (AvgIpc) is 2.21. The van der Waals surface area contributed by atoms with Gasteiger partial charge in [-0.1, -0.05) is 11.6 Å². The van der Waals surface area contributed by atoms with Crippen molar-refractivity contribution in [2.24, 2.45) is 0 Å². The van der Waals surface area contributed by atoms with Crippen LogP contribution >= 0.6 is 11.6 Å². The minimum atomic E-state index is -3.28. The Morgan fingerprint density at radius 2 is 2.11 bits per heavy atom. The second kappa shape index (κ2) is 5.26. The number of ketones is 1. The number of nitrogens with zero attached hydrogens (tertiary/aromatic N) is 1. The van der Waals surface area contributed by atoms with Crippen molar-refractivity contribution in [3.63, 3.8) is 0 Å². The highest BCUT2D eigenvalue weighted by molar-refractivity contribution is 6.32. The Morgan fingerprint density at radius 3 is 2.50 bits per heavy atom. The van der Waals surface area contributed by atoms with Crippen LogP contribution in [0.15, 0.2) is 6.07 Å². The molecule has 0 N–H and O–H groups in total. The highest BCUT2D eigenvalue weighted by atomic mass is 35.5. The smallest absolute Gasteiger partial charge is 0.387 e. The van der Waals surface area contributed by atoms with E-state index in [4.69, 9.17) is 11.6 Å². The predicted molar refractivity (Wildman–Crippen MR) is 59.5 cm³/mol. The zero-order chi connectivity index (χ0) is 14.0. The number of hydrogen-bond donors (Lipinski definition) is 0. The molecule has 0 atom stereocenters. The number of nitro benzene ring substituents is 1. The van der Waals surface area contributed by atoms with Gasteiger partial charge < -0.3 is 4.74 Å². The summed E-state index contributed by atoms with van der Waals surface area (Å²) in [6.07, 6.45) is 0. The zero-order valence-corrected chi connectivity index (χ0v) is 10.1. The lowest BCUT2D eigenvalue weighted by atomic mass is 10.1. The molecule has 0 aromatic heterocycles. The fourth-order valence-electron chi connectivity index (χ4n) is 1.40. The van der Waals surface area contributed by atoms with Crippen molar-refractivity contribution in [2.75, 3.05) is 0 Å². The maximum absolute atomic E-state index is 12.3. The molecule has 0 aliphatic heterocycles. The molecule has 1 aromatic carbocycles. The number of benzene rings is 1. The minimum absolute atomic E-state index is 0.0395. The van der Waals surface area contributed by atoms with Gasteiger partial charge in [-0.05, 0) is 19.9 Å². The van der Waals surface area contributed by atoms with Crippen LogP contribution in [0.5, 0.6) is 5.75 Å². The number of rotatable bonds is 4. The van der Waals surface area contributed by atoms with E-state index in [1.54, 1.807) is 0 Å². The monoisotopic (exact) mass is 279 g/mol. The summed E-state index contributed by atoms with van der Waals surface area (Å²) >= 11 is 5.72. The van der Waals surface area contributed by atoms with Crippen LogP contribution in [0.2, 0.25) is 5.02 Å². The molecule has 0 unspecified atom stereocenters. The van der Waals surface area contributed by atoms with Gasteiger partial charge in [-0.15, -0.1) is 0 Å². The fraction of sp³-hybridized carbons (Fsp3) is 0.300. The van der Waals surface area contributed by atoms with Gasteiger partial charge in [0.1, 0.15) is 0 Å². The Morgan fingerprint density at radius 1 is 1.56 bits per heavy atom. The van der Waals surface area contributed by atoms with Gasteiger partial charge >= 0.3 is 12.3 Å². The zero-order valence-electron chi connectivity index (χ0n) is 9.37. The van der Waals surface area contributed by atoms with E-state index < -0.39 is 28.8 Å². The summed E-state index contributed by atoms with van der Waals surface area (Å²) in [5.74, 6) is -1.42. The van der Waals surface area contributed by atoms with Gasteiger partial charge in [0.2, 0.25) is 5.75 Å². The lowest BCUT2D eigenvalue weighted by Crippen LogP contribution is -2.10. The molecule has 0 radical (unpaired) electrons. The van der Waals surface area contributed by atoms with Crippen LogP contribution in [0, 0.1) is 17.0 Å². The minimum Gasteiger partial charge on any atom is -0.427 e. The molecule has 0 bridgehead atoms. The number of ether oxygens (including phenoxy) is 1. The number of halogens is 3. The van der Waals surface area contributed by atoms with E-state index in [1.807, 2.05) is 0 Å². The summed E-state index contributed by atoms with van der Waals surface area (Å²) in [5.41, 5.74) is -1.12. The molecule has 0 saturated carbocycles. The molecule has 0 aliphatic carbocycles. The highest BCUT2D eigenvalue weighted by Crippen LogP contribution is 2.39. The second-order valence-corrected chi connectivity index (χ2v) is 3.81. The van der Waals surface area contributed by atoms with Gasteiger partial charge in [0.25, 0.3) is 0 Å². The van der Waals surface area contributed by atoms with Crippen LogP contribution in [-0.4, -0.2) is 17.3 Å². The molecule has 0 fully saturated rings. The Kier molecular flexibility index (Phi) is 4.18. The number of carbonyl (C=O) groups is 1. The van der Waals surface area contributed by atoms with E-state index in [0.717, 1.165) is 13.0 Å². The Bertz CT molecular complexity index is 519. The molecular formula is C10H8ClF2NO4. The van der Waals surface area contributed by atoms with Gasteiger partial charge in [-0.25, -0.2) is 0 Å². The first-order valence-corrected chi connectivity index (χ1v) is 5.06. The lowest BCUT2D eigenvalue weighted by Gasteiger charge is -2.11. The van der Waals surface area contributed by atoms with Crippen molar-refractivity contribution < 1.29 is 23.2 Å². The van der Waals surface area contributed by atoms with Crippen LogP contribution in [0.25, 0.3) is 0 Å². The standard InChI is InChI=1S/C10H8ClF2NO4/c1-4-7(11)3-6(5(2)15)9(18-10(12)13)8(4)14(16)17/h3,10H,1-2H3. The lowest BCUT2D eigenvalue weighted by molar-refractivity contribution is -0.387. The number of carbonyl (C=O) groups excluding carboxylic acids is 1. The third-order valence-electron chi connectivity index (χ3n) is 2.21. The first-order chi connectivity index (χ1) is 8.25. The number of hydrogen-bond acceptors (Lipinski definition) is 4. The summed E-state index contributed by atoms with van der Waals surface area (Å²) in [7, 11) is 0. The number of Topliss-reactive ketones (excluding diaryl/α,β-unsaturated/α-hetero) is 1. The van der Waals surface area contributed by atoms with E-state index in [-0.39, 0.29) is 16.1 Å². The first kappa shape index (κ1) is 14.3. The van der Waals surface area contributed by atoms with Gasteiger partial charge in [0.15, 0.2) is 5.78 Å². The molecule has 0 spiro atoms. The summed E-state index contributed by atoms with van der Waals surface area (Å²) in [5, 5.41) is 10.8. The predicted octanol–water partition coefficient (Wildman–Crippen LogP) is 3.36. The molecule has 0 saturated heterocycles. The van der Waals surface area contributed by atoms with Crippen molar-refractivity contribution >= 4 is 23.1 Å². The molecule has 1 aromatic rings. The van der Waals surface area contributed by atoms with E-state index in [1.165, 1.54) is 6.92 Å².